The maximum atomic E-state index is 11.7. The van der Waals surface area contributed by atoms with Crippen molar-refractivity contribution in [2.45, 2.75) is 0 Å². The first-order chi connectivity index (χ1) is 9.29. The van der Waals surface area contributed by atoms with Gasteiger partial charge in [0, 0.05) is 6.07 Å². The average Bonchev–Trinajstić information content (AvgIpc) is 2.48. The molecule has 19 heavy (non-hydrogen) atoms. The van der Waals surface area contributed by atoms with Gasteiger partial charge in [-0.2, -0.15) is 4.98 Å². The standard InChI is InChI=1S/C15H12N2O2/c1-19-12-6-4-5-11(9-12)17-10-16-15(18)13-7-2-3-8-14(13)17/h2-10H,1H3. The van der Waals surface area contributed by atoms with E-state index in [1.165, 1.54) is 0 Å². The summed E-state index contributed by atoms with van der Waals surface area (Å²) in [5, 5.41) is 0.604. The Hall–Kier alpha value is -2.62. The number of ether oxygens (including phenoxy) is 1. The van der Waals surface area contributed by atoms with Crippen LogP contribution >= 0.6 is 0 Å². The van der Waals surface area contributed by atoms with E-state index in [0.717, 1.165) is 17.0 Å². The van der Waals surface area contributed by atoms with Crippen molar-refractivity contribution in [1.82, 2.24) is 9.55 Å². The molecule has 4 nitrogen and oxygen atoms in total. The van der Waals surface area contributed by atoms with Gasteiger partial charge in [-0.15, -0.1) is 0 Å². The largest absolute Gasteiger partial charge is 0.497 e. The Morgan fingerprint density at radius 2 is 1.95 bits per heavy atom. The molecular weight excluding hydrogens is 240 g/mol. The van der Waals surface area contributed by atoms with Gasteiger partial charge < -0.3 is 4.74 Å². The lowest BCUT2D eigenvalue weighted by molar-refractivity contribution is 0.414. The van der Waals surface area contributed by atoms with E-state index in [9.17, 15) is 4.79 Å². The summed E-state index contributed by atoms with van der Waals surface area (Å²) in [6.07, 6.45) is 1.54. The molecule has 0 radical (unpaired) electrons. The van der Waals surface area contributed by atoms with Gasteiger partial charge in [0.15, 0.2) is 0 Å². The summed E-state index contributed by atoms with van der Waals surface area (Å²) in [7, 11) is 1.63. The fraction of sp³-hybridized carbons (Fsp3) is 0.0667. The molecule has 0 spiro atoms. The third kappa shape index (κ3) is 1.97. The molecule has 0 atom stereocenters. The molecule has 0 unspecified atom stereocenters. The second-order valence-electron chi connectivity index (χ2n) is 4.14. The zero-order valence-corrected chi connectivity index (χ0v) is 10.4. The summed E-state index contributed by atoms with van der Waals surface area (Å²) in [4.78, 5) is 15.6. The number of hydrogen-bond donors (Lipinski definition) is 0. The summed E-state index contributed by atoms with van der Waals surface area (Å²) >= 11 is 0. The highest BCUT2D eigenvalue weighted by Gasteiger charge is 2.05. The zero-order valence-electron chi connectivity index (χ0n) is 10.4. The van der Waals surface area contributed by atoms with Gasteiger partial charge >= 0.3 is 0 Å². The summed E-state index contributed by atoms with van der Waals surface area (Å²) in [6, 6.07) is 15.0. The van der Waals surface area contributed by atoms with Crippen molar-refractivity contribution in [2.24, 2.45) is 0 Å². The first-order valence-electron chi connectivity index (χ1n) is 5.90. The van der Waals surface area contributed by atoms with Crippen molar-refractivity contribution < 1.29 is 4.74 Å². The zero-order chi connectivity index (χ0) is 13.2. The van der Waals surface area contributed by atoms with Crippen LogP contribution in [0.25, 0.3) is 16.6 Å². The Kier molecular flexibility index (Phi) is 2.76. The maximum Gasteiger partial charge on any atom is 0.280 e. The molecule has 0 aliphatic rings. The predicted octanol–water partition coefficient (Wildman–Crippen LogP) is 2.39. The van der Waals surface area contributed by atoms with Crippen molar-refractivity contribution in [2.75, 3.05) is 7.11 Å². The number of hydrogen-bond acceptors (Lipinski definition) is 3. The quantitative estimate of drug-likeness (QED) is 0.703. The Morgan fingerprint density at radius 1 is 1.11 bits per heavy atom. The lowest BCUT2D eigenvalue weighted by atomic mass is 10.2. The van der Waals surface area contributed by atoms with E-state index in [0.29, 0.717) is 5.39 Å². The molecule has 4 heteroatoms. The minimum atomic E-state index is -0.213. The van der Waals surface area contributed by atoms with Crippen molar-refractivity contribution >= 4 is 10.9 Å². The average molecular weight is 252 g/mol. The Labute approximate surface area is 109 Å². The maximum absolute atomic E-state index is 11.7. The molecule has 1 aromatic heterocycles. The van der Waals surface area contributed by atoms with Gasteiger partial charge in [0.05, 0.1) is 23.7 Å². The second-order valence-corrected chi connectivity index (χ2v) is 4.14. The van der Waals surface area contributed by atoms with Gasteiger partial charge in [-0.3, -0.25) is 9.36 Å². The molecule has 0 bridgehead atoms. The van der Waals surface area contributed by atoms with Crippen LogP contribution in [0.4, 0.5) is 0 Å². The van der Waals surface area contributed by atoms with Crippen LogP contribution in [0.2, 0.25) is 0 Å². The van der Waals surface area contributed by atoms with Crippen LogP contribution in [-0.2, 0) is 0 Å². The van der Waals surface area contributed by atoms with Crippen LogP contribution in [0, 0.1) is 0 Å². The van der Waals surface area contributed by atoms with Gasteiger partial charge in [0.1, 0.15) is 12.1 Å². The van der Waals surface area contributed by atoms with Gasteiger partial charge in [0.25, 0.3) is 5.56 Å². The SMILES string of the molecule is COc1cccc(-n2cnc(=O)c3ccccc32)c1. The molecule has 0 aliphatic heterocycles. The van der Waals surface area contributed by atoms with E-state index in [-0.39, 0.29) is 5.56 Å². The van der Waals surface area contributed by atoms with E-state index < -0.39 is 0 Å². The molecular formula is C15H12N2O2. The highest BCUT2D eigenvalue weighted by Crippen LogP contribution is 2.19. The molecule has 94 valence electrons. The minimum Gasteiger partial charge on any atom is -0.497 e. The molecule has 0 amide bonds. The molecule has 0 aliphatic carbocycles. The van der Waals surface area contributed by atoms with E-state index >= 15 is 0 Å². The van der Waals surface area contributed by atoms with Crippen LogP contribution < -0.4 is 10.3 Å². The topological polar surface area (TPSA) is 44.1 Å². The second kappa shape index (κ2) is 4.57. The lowest BCUT2D eigenvalue weighted by Crippen LogP contribution is -2.11. The minimum absolute atomic E-state index is 0.213. The van der Waals surface area contributed by atoms with Crippen molar-refractivity contribution in [3.8, 4) is 11.4 Å². The number of methoxy groups -OCH3 is 1. The third-order valence-corrected chi connectivity index (χ3v) is 3.02. The molecule has 0 saturated carbocycles. The van der Waals surface area contributed by atoms with E-state index in [1.807, 2.05) is 47.0 Å². The number of fused-ring (bicyclic) bond motifs is 1. The fourth-order valence-corrected chi connectivity index (χ4v) is 2.07. The molecule has 3 rings (SSSR count). The van der Waals surface area contributed by atoms with E-state index in [1.54, 1.807) is 19.5 Å². The van der Waals surface area contributed by atoms with Crippen LogP contribution in [0.1, 0.15) is 0 Å². The fourth-order valence-electron chi connectivity index (χ4n) is 2.07. The summed E-state index contributed by atoms with van der Waals surface area (Å²) in [5.41, 5.74) is 1.52. The van der Waals surface area contributed by atoms with Gasteiger partial charge in [-0.1, -0.05) is 18.2 Å². The van der Waals surface area contributed by atoms with Crippen molar-refractivity contribution in [1.29, 1.82) is 0 Å². The predicted molar refractivity (Wildman–Crippen MR) is 73.9 cm³/mol. The number of nitrogens with zero attached hydrogens (tertiary/aromatic N) is 2. The Bertz CT molecular complexity index is 793. The summed E-state index contributed by atoms with van der Waals surface area (Å²) in [6.45, 7) is 0. The molecule has 0 fully saturated rings. The first-order valence-corrected chi connectivity index (χ1v) is 5.90. The molecule has 1 heterocycles. The van der Waals surface area contributed by atoms with Gasteiger partial charge in [0.2, 0.25) is 0 Å². The summed E-state index contributed by atoms with van der Waals surface area (Å²) in [5.74, 6) is 0.764. The smallest absolute Gasteiger partial charge is 0.280 e. The first kappa shape index (κ1) is 11.5. The highest BCUT2D eigenvalue weighted by atomic mass is 16.5. The molecule has 2 aromatic carbocycles. The van der Waals surface area contributed by atoms with Gasteiger partial charge in [-0.05, 0) is 24.3 Å². The molecule has 0 saturated heterocycles. The van der Waals surface area contributed by atoms with Gasteiger partial charge in [-0.25, -0.2) is 0 Å². The number of benzene rings is 2. The molecule has 3 aromatic rings. The van der Waals surface area contributed by atoms with Crippen molar-refractivity contribution in [3.05, 3.63) is 65.2 Å². The van der Waals surface area contributed by atoms with Crippen molar-refractivity contribution in [3.63, 3.8) is 0 Å². The Balaban J connectivity index is 2.31. The normalized spacial score (nSPS) is 10.6. The third-order valence-electron chi connectivity index (χ3n) is 3.02. The monoisotopic (exact) mass is 252 g/mol. The Morgan fingerprint density at radius 3 is 2.79 bits per heavy atom. The number of aromatic nitrogens is 2. The highest BCUT2D eigenvalue weighted by molar-refractivity contribution is 5.79. The van der Waals surface area contributed by atoms with Crippen LogP contribution in [0.15, 0.2) is 59.7 Å². The molecule has 0 N–H and O–H groups in total. The lowest BCUT2D eigenvalue weighted by Gasteiger charge is -2.10. The number of rotatable bonds is 2. The summed E-state index contributed by atoms with van der Waals surface area (Å²) < 4.78 is 7.09. The van der Waals surface area contributed by atoms with Crippen LogP contribution in [0.5, 0.6) is 5.75 Å². The van der Waals surface area contributed by atoms with E-state index in [2.05, 4.69) is 4.98 Å². The number of para-hydroxylation sites is 1. The van der Waals surface area contributed by atoms with Crippen LogP contribution in [0.3, 0.4) is 0 Å². The van der Waals surface area contributed by atoms with E-state index in [4.69, 9.17) is 4.74 Å². The van der Waals surface area contributed by atoms with Crippen LogP contribution in [-0.4, -0.2) is 16.7 Å².